The van der Waals surface area contributed by atoms with E-state index in [1.807, 2.05) is 0 Å². The summed E-state index contributed by atoms with van der Waals surface area (Å²) in [6.07, 6.45) is -4.95. The van der Waals surface area contributed by atoms with Gasteiger partial charge < -0.3 is 24.4 Å². The molecular formula is C11H18O7. The number of ether oxygens (including phenoxy) is 3. The Bertz CT molecular complexity index is 317. The molecule has 0 aromatic carbocycles. The first-order valence-corrected chi connectivity index (χ1v) is 5.65. The molecule has 1 fully saturated rings. The molecule has 1 heterocycles. The van der Waals surface area contributed by atoms with Crippen LogP contribution in [0.2, 0.25) is 0 Å². The summed E-state index contributed by atoms with van der Waals surface area (Å²) in [6, 6.07) is 0. The summed E-state index contributed by atoms with van der Waals surface area (Å²) in [4.78, 5) is 21.7. The molecule has 18 heavy (non-hydrogen) atoms. The van der Waals surface area contributed by atoms with Crippen molar-refractivity contribution < 1.29 is 34.0 Å². The highest BCUT2D eigenvalue weighted by atomic mass is 16.6. The molecule has 0 bridgehead atoms. The first-order valence-electron chi connectivity index (χ1n) is 5.65. The number of hydrogen-bond acceptors (Lipinski definition) is 7. The molecule has 0 radical (unpaired) electrons. The Labute approximate surface area is 105 Å². The maximum Gasteiger partial charge on any atom is 0.303 e. The second-order valence-corrected chi connectivity index (χ2v) is 4.24. The minimum absolute atomic E-state index is 0.151. The monoisotopic (exact) mass is 262 g/mol. The Morgan fingerprint density at radius 3 is 2.28 bits per heavy atom. The van der Waals surface area contributed by atoms with Crippen molar-refractivity contribution in [1.82, 2.24) is 0 Å². The summed E-state index contributed by atoms with van der Waals surface area (Å²) in [5, 5.41) is 19.5. The maximum atomic E-state index is 11.0. The summed E-state index contributed by atoms with van der Waals surface area (Å²) in [5.74, 6) is -1.12. The van der Waals surface area contributed by atoms with Crippen LogP contribution in [0.15, 0.2) is 0 Å². The molecule has 1 aliphatic rings. The minimum atomic E-state index is -1.28. The second-order valence-electron chi connectivity index (χ2n) is 4.24. The fourth-order valence-electron chi connectivity index (χ4n) is 1.80. The number of hydrogen-bond donors (Lipinski definition) is 2. The van der Waals surface area contributed by atoms with Gasteiger partial charge in [-0.05, 0) is 6.92 Å². The average Bonchev–Trinajstić information content (AvgIpc) is 2.27. The number of carbonyl (C=O) groups is 2. The van der Waals surface area contributed by atoms with E-state index in [9.17, 15) is 19.8 Å². The topological polar surface area (TPSA) is 102 Å². The molecule has 104 valence electrons. The van der Waals surface area contributed by atoms with Crippen LogP contribution in [0, 0.1) is 0 Å². The highest BCUT2D eigenvalue weighted by molar-refractivity contribution is 5.66. The van der Waals surface area contributed by atoms with Crippen molar-refractivity contribution >= 4 is 11.9 Å². The molecular weight excluding hydrogens is 244 g/mol. The third-order valence-corrected chi connectivity index (χ3v) is 2.68. The first kappa shape index (κ1) is 14.9. The van der Waals surface area contributed by atoms with Gasteiger partial charge in [-0.15, -0.1) is 0 Å². The average molecular weight is 262 g/mol. The normalized spacial score (nSPS) is 35.9. The molecule has 0 aromatic rings. The Morgan fingerprint density at radius 1 is 1.17 bits per heavy atom. The number of carbonyl (C=O) groups excluding carboxylic acids is 2. The zero-order valence-electron chi connectivity index (χ0n) is 10.5. The molecule has 2 N–H and O–H groups in total. The van der Waals surface area contributed by atoms with Gasteiger partial charge >= 0.3 is 11.9 Å². The third kappa shape index (κ3) is 3.66. The fraction of sp³-hybridized carbons (Fsp3) is 0.818. The number of esters is 2. The Morgan fingerprint density at radius 2 is 1.78 bits per heavy atom. The third-order valence-electron chi connectivity index (χ3n) is 2.68. The van der Waals surface area contributed by atoms with E-state index in [0.29, 0.717) is 0 Å². The van der Waals surface area contributed by atoms with E-state index >= 15 is 0 Å². The van der Waals surface area contributed by atoms with Crippen LogP contribution in [0.3, 0.4) is 0 Å². The summed E-state index contributed by atoms with van der Waals surface area (Å²) in [7, 11) is 0. The van der Waals surface area contributed by atoms with Gasteiger partial charge in [-0.2, -0.15) is 0 Å². The van der Waals surface area contributed by atoms with Gasteiger partial charge in [0.1, 0.15) is 24.9 Å². The van der Waals surface area contributed by atoms with Crippen LogP contribution in [0.5, 0.6) is 0 Å². The van der Waals surface area contributed by atoms with E-state index in [1.54, 1.807) is 6.92 Å². The molecule has 0 saturated carbocycles. The van der Waals surface area contributed by atoms with Gasteiger partial charge in [0.05, 0.1) is 6.10 Å². The molecule has 1 aliphatic heterocycles. The molecule has 0 aromatic heterocycles. The van der Waals surface area contributed by atoms with Gasteiger partial charge in [-0.3, -0.25) is 9.59 Å². The number of aliphatic hydroxyl groups excluding tert-OH is 2. The lowest BCUT2D eigenvalue weighted by molar-refractivity contribution is -0.236. The van der Waals surface area contributed by atoms with Crippen molar-refractivity contribution in [1.29, 1.82) is 0 Å². The zero-order chi connectivity index (χ0) is 13.9. The van der Waals surface area contributed by atoms with Crippen LogP contribution in [0.1, 0.15) is 20.8 Å². The smallest absolute Gasteiger partial charge is 0.303 e. The van der Waals surface area contributed by atoms with E-state index in [2.05, 4.69) is 0 Å². The minimum Gasteiger partial charge on any atom is -0.463 e. The van der Waals surface area contributed by atoms with Gasteiger partial charge in [0.25, 0.3) is 0 Å². The van der Waals surface area contributed by atoms with Gasteiger partial charge in [0.2, 0.25) is 0 Å². The van der Waals surface area contributed by atoms with Gasteiger partial charge in [-0.1, -0.05) is 0 Å². The SMILES string of the molecule is CC(=O)OC[C@H]1O[C@H](C)[C@@H](O)[C@@H](O)[C@@H]1OC(C)=O. The lowest BCUT2D eigenvalue weighted by Crippen LogP contribution is -2.59. The molecule has 0 spiro atoms. The summed E-state index contributed by atoms with van der Waals surface area (Å²) in [6.45, 7) is 3.83. The van der Waals surface area contributed by atoms with Crippen LogP contribution in [0.25, 0.3) is 0 Å². The molecule has 0 aliphatic carbocycles. The van der Waals surface area contributed by atoms with Crippen molar-refractivity contribution in [2.24, 2.45) is 0 Å². The molecule has 0 amide bonds. The highest BCUT2D eigenvalue weighted by Gasteiger charge is 2.45. The summed E-state index contributed by atoms with van der Waals surface area (Å²) >= 11 is 0. The van der Waals surface area contributed by atoms with E-state index in [0.717, 1.165) is 0 Å². The second kappa shape index (κ2) is 6.12. The quantitative estimate of drug-likeness (QED) is 0.628. The van der Waals surface area contributed by atoms with Gasteiger partial charge in [-0.25, -0.2) is 0 Å². The Balaban J connectivity index is 2.75. The summed E-state index contributed by atoms with van der Waals surface area (Å²) < 4.78 is 15.0. The van der Waals surface area contributed by atoms with Crippen LogP contribution in [-0.2, 0) is 23.8 Å². The fourth-order valence-corrected chi connectivity index (χ4v) is 1.80. The summed E-state index contributed by atoms with van der Waals surface area (Å²) in [5.41, 5.74) is 0. The molecule has 7 heteroatoms. The Kier molecular flexibility index (Phi) is 5.06. The molecule has 0 unspecified atom stereocenters. The van der Waals surface area contributed by atoms with Crippen molar-refractivity contribution in [3.63, 3.8) is 0 Å². The largest absolute Gasteiger partial charge is 0.463 e. The van der Waals surface area contributed by atoms with Crippen molar-refractivity contribution in [3.05, 3.63) is 0 Å². The highest BCUT2D eigenvalue weighted by Crippen LogP contribution is 2.23. The van der Waals surface area contributed by atoms with E-state index in [4.69, 9.17) is 14.2 Å². The van der Waals surface area contributed by atoms with Gasteiger partial charge in [0, 0.05) is 13.8 Å². The van der Waals surface area contributed by atoms with Crippen LogP contribution >= 0.6 is 0 Å². The van der Waals surface area contributed by atoms with Crippen molar-refractivity contribution in [2.75, 3.05) is 6.61 Å². The van der Waals surface area contributed by atoms with Crippen LogP contribution in [-0.4, -0.2) is 59.3 Å². The number of aliphatic hydroxyl groups is 2. The number of rotatable bonds is 3. The standard InChI is InChI=1S/C11H18O7/c1-5-9(14)10(15)11(18-7(3)13)8(17-5)4-16-6(2)12/h5,8-11,14-15H,4H2,1-3H3/t5-,8-,9-,10-,11-/m1/s1. The van der Waals surface area contributed by atoms with Crippen molar-refractivity contribution in [3.8, 4) is 0 Å². The Hall–Kier alpha value is -1.18. The first-order chi connectivity index (χ1) is 8.32. The predicted molar refractivity (Wildman–Crippen MR) is 58.5 cm³/mol. The lowest BCUT2D eigenvalue weighted by atomic mass is 9.96. The maximum absolute atomic E-state index is 11.0. The van der Waals surface area contributed by atoms with Crippen LogP contribution < -0.4 is 0 Å². The van der Waals surface area contributed by atoms with Crippen LogP contribution in [0.4, 0.5) is 0 Å². The molecule has 7 nitrogen and oxygen atoms in total. The van der Waals surface area contributed by atoms with E-state index in [-0.39, 0.29) is 6.61 Å². The molecule has 1 rings (SSSR count). The lowest BCUT2D eigenvalue weighted by Gasteiger charge is -2.40. The van der Waals surface area contributed by atoms with E-state index in [1.165, 1.54) is 13.8 Å². The van der Waals surface area contributed by atoms with Gasteiger partial charge in [0.15, 0.2) is 6.10 Å². The molecule has 1 saturated heterocycles. The van der Waals surface area contributed by atoms with E-state index < -0.39 is 42.5 Å². The van der Waals surface area contributed by atoms with Crippen molar-refractivity contribution in [2.45, 2.75) is 51.3 Å². The molecule has 5 atom stereocenters. The zero-order valence-corrected chi connectivity index (χ0v) is 10.5. The predicted octanol–water partition coefficient (Wildman–Crippen LogP) is -1.01.